The smallest absolute Gasteiger partial charge is 0.165 e. The van der Waals surface area contributed by atoms with Crippen molar-refractivity contribution in [2.45, 2.75) is 25.8 Å². The molecule has 0 aromatic heterocycles. The molecule has 0 aliphatic rings. The summed E-state index contributed by atoms with van der Waals surface area (Å²) in [5, 5.41) is 3.45. The quantitative estimate of drug-likeness (QED) is 0.785. The Morgan fingerprint density at radius 2 is 2.22 bits per heavy atom. The lowest BCUT2D eigenvalue weighted by Gasteiger charge is -2.17. The van der Waals surface area contributed by atoms with Gasteiger partial charge in [0.1, 0.15) is 0 Å². The number of likely N-dealkylation sites (N-methyl/N-ethyl adjacent to an activating group) is 1. The summed E-state index contributed by atoms with van der Waals surface area (Å²) in [6.07, 6.45) is 4.06. The van der Waals surface area contributed by atoms with Crippen LogP contribution in [0.3, 0.4) is 0 Å². The number of ether oxygens (including phenoxy) is 1. The van der Waals surface area contributed by atoms with Crippen molar-refractivity contribution in [2.75, 3.05) is 25.7 Å². The molecule has 0 saturated heterocycles. The summed E-state index contributed by atoms with van der Waals surface area (Å²) < 4.78 is 18.5. The zero-order valence-electron chi connectivity index (χ0n) is 11.3. The summed E-state index contributed by atoms with van der Waals surface area (Å²) in [6.45, 7) is 3.04. The number of halogens is 1. The highest BCUT2D eigenvalue weighted by atomic mass is 32.2. The summed E-state index contributed by atoms with van der Waals surface area (Å²) in [5.74, 6) is 1.15. The minimum absolute atomic E-state index is 0.282. The molecule has 0 saturated carbocycles. The predicted octanol–water partition coefficient (Wildman–Crippen LogP) is 3.11. The Morgan fingerprint density at radius 1 is 1.44 bits per heavy atom. The molecule has 1 unspecified atom stereocenters. The largest absolute Gasteiger partial charge is 0.494 e. The van der Waals surface area contributed by atoms with Crippen molar-refractivity contribution >= 4 is 11.8 Å². The van der Waals surface area contributed by atoms with Crippen LogP contribution < -0.4 is 10.1 Å². The Labute approximate surface area is 113 Å². The number of hydrogen-bond donors (Lipinski definition) is 1. The van der Waals surface area contributed by atoms with Gasteiger partial charge in [0.15, 0.2) is 11.6 Å². The molecule has 0 heterocycles. The van der Waals surface area contributed by atoms with Crippen molar-refractivity contribution in [3.05, 3.63) is 29.6 Å². The van der Waals surface area contributed by atoms with Gasteiger partial charge in [-0.1, -0.05) is 13.0 Å². The summed E-state index contributed by atoms with van der Waals surface area (Å²) >= 11 is 1.84. The van der Waals surface area contributed by atoms with Gasteiger partial charge >= 0.3 is 0 Å². The zero-order chi connectivity index (χ0) is 13.4. The second-order valence-corrected chi connectivity index (χ2v) is 5.19. The van der Waals surface area contributed by atoms with E-state index >= 15 is 0 Å². The normalized spacial score (nSPS) is 12.4. The van der Waals surface area contributed by atoms with Crippen LogP contribution in [0.1, 0.15) is 18.9 Å². The zero-order valence-corrected chi connectivity index (χ0v) is 12.1. The molecule has 1 N–H and O–H groups in total. The van der Waals surface area contributed by atoms with Gasteiger partial charge in [0.05, 0.1) is 7.11 Å². The average Bonchev–Trinajstić information content (AvgIpc) is 2.36. The van der Waals surface area contributed by atoms with Crippen LogP contribution in [-0.2, 0) is 6.42 Å². The molecule has 102 valence electrons. The standard InChI is InChI=1S/C14H22FNOS/c1-4-16-12(7-8-18-3)9-11-5-6-14(17-2)13(15)10-11/h5-6,10,12,16H,4,7-9H2,1-3H3. The molecule has 0 aliphatic heterocycles. The van der Waals surface area contributed by atoms with E-state index in [-0.39, 0.29) is 5.82 Å². The number of methoxy groups -OCH3 is 1. The molecule has 1 aromatic carbocycles. The Hall–Kier alpha value is -0.740. The van der Waals surface area contributed by atoms with Crippen LogP contribution in [0, 0.1) is 5.82 Å². The van der Waals surface area contributed by atoms with Gasteiger partial charge in [0.25, 0.3) is 0 Å². The molecular formula is C14H22FNOS. The van der Waals surface area contributed by atoms with Crippen LogP contribution in [-0.4, -0.2) is 31.7 Å². The Kier molecular flexibility index (Phi) is 7.13. The van der Waals surface area contributed by atoms with Crippen LogP contribution in [0.25, 0.3) is 0 Å². The van der Waals surface area contributed by atoms with Crippen LogP contribution in [0.5, 0.6) is 5.75 Å². The molecule has 0 amide bonds. The lowest BCUT2D eigenvalue weighted by molar-refractivity contribution is 0.386. The van der Waals surface area contributed by atoms with E-state index in [1.54, 1.807) is 12.1 Å². The van der Waals surface area contributed by atoms with E-state index in [9.17, 15) is 4.39 Å². The van der Waals surface area contributed by atoms with Gasteiger partial charge in [-0.25, -0.2) is 4.39 Å². The average molecular weight is 271 g/mol. The number of thioether (sulfide) groups is 1. The topological polar surface area (TPSA) is 21.3 Å². The third-order valence-electron chi connectivity index (χ3n) is 2.86. The summed E-state index contributed by atoms with van der Waals surface area (Å²) in [5.41, 5.74) is 1.01. The summed E-state index contributed by atoms with van der Waals surface area (Å²) in [4.78, 5) is 0. The fraction of sp³-hybridized carbons (Fsp3) is 0.571. The second kappa shape index (κ2) is 8.38. The lowest BCUT2D eigenvalue weighted by Crippen LogP contribution is -2.31. The van der Waals surface area contributed by atoms with Crippen LogP contribution in [0.2, 0.25) is 0 Å². The van der Waals surface area contributed by atoms with E-state index in [2.05, 4.69) is 18.5 Å². The van der Waals surface area contributed by atoms with Crippen molar-refractivity contribution in [3.8, 4) is 5.75 Å². The maximum absolute atomic E-state index is 13.6. The first-order chi connectivity index (χ1) is 8.71. The minimum Gasteiger partial charge on any atom is -0.494 e. The molecule has 4 heteroatoms. The maximum atomic E-state index is 13.6. The van der Waals surface area contributed by atoms with Crippen LogP contribution in [0.4, 0.5) is 4.39 Å². The van der Waals surface area contributed by atoms with E-state index < -0.39 is 0 Å². The minimum atomic E-state index is -0.282. The van der Waals surface area contributed by atoms with Gasteiger partial charge in [-0.2, -0.15) is 11.8 Å². The third kappa shape index (κ3) is 4.86. The van der Waals surface area contributed by atoms with Gasteiger partial charge in [-0.05, 0) is 49.1 Å². The van der Waals surface area contributed by atoms with Gasteiger partial charge in [0, 0.05) is 6.04 Å². The first kappa shape index (κ1) is 15.3. The van der Waals surface area contributed by atoms with Crippen molar-refractivity contribution in [3.63, 3.8) is 0 Å². The Bertz CT molecular complexity index is 360. The SMILES string of the molecule is CCNC(CCSC)Cc1ccc(OC)c(F)c1. The molecule has 18 heavy (non-hydrogen) atoms. The highest BCUT2D eigenvalue weighted by molar-refractivity contribution is 7.98. The Morgan fingerprint density at radius 3 is 2.78 bits per heavy atom. The van der Waals surface area contributed by atoms with Gasteiger partial charge in [-0.15, -0.1) is 0 Å². The lowest BCUT2D eigenvalue weighted by atomic mass is 10.0. The molecule has 1 atom stereocenters. The van der Waals surface area contributed by atoms with Crippen molar-refractivity contribution < 1.29 is 9.13 Å². The van der Waals surface area contributed by atoms with Crippen LogP contribution >= 0.6 is 11.8 Å². The predicted molar refractivity (Wildman–Crippen MR) is 77.1 cm³/mol. The second-order valence-electron chi connectivity index (χ2n) is 4.21. The molecule has 0 fully saturated rings. The van der Waals surface area contributed by atoms with E-state index in [1.165, 1.54) is 7.11 Å². The fourth-order valence-corrected chi connectivity index (χ4v) is 2.47. The summed E-state index contributed by atoms with van der Waals surface area (Å²) in [6, 6.07) is 5.62. The molecule has 1 rings (SSSR count). The van der Waals surface area contributed by atoms with E-state index in [0.29, 0.717) is 11.8 Å². The molecule has 0 spiro atoms. The van der Waals surface area contributed by atoms with Gasteiger partial charge < -0.3 is 10.1 Å². The van der Waals surface area contributed by atoms with Crippen LogP contribution in [0.15, 0.2) is 18.2 Å². The first-order valence-corrected chi connectivity index (χ1v) is 7.65. The fourth-order valence-electron chi connectivity index (χ4n) is 1.95. The summed E-state index contributed by atoms with van der Waals surface area (Å²) in [7, 11) is 1.48. The molecule has 2 nitrogen and oxygen atoms in total. The van der Waals surface area contributed by atoms with E-state index in [1.807, 2.05) is 17.8 Å². The van der Waals surface area contributed by atoms with Crippen molar-refractivity contribution in [2.24, 2.45) is 0 Å². The number of rotatable bonds is 8. The number of nitrogens with one attached hydrogen (secondary N) is 1. The van der Waals surface area contributed by atoms with E-state index in [4.69, 9.17) is 4.74 Å². The highest BCUT2D eigenvalue weighted by Gasteiger charge is 2.10. The van der Waals surface area contributed by atoms with Crippen molar-refractivity contribution in [1.29, 1.82) is 0 Å². The maximum Gasteiger partial charge on any atom is 0.165 e. The Balaban J connectivity index is 2.64. The molecular weight excluding hydrogens is 249 g/mol. The molecule has 0 aliphatic carbocycles. The van der Waals surface area contributed by atoms with Crippen molar-refractivity contribution in [1.82, 2.24) is 5.32 Å². The first-order valence-electron chi connectivity index (χ1n) is 6.26. The van der Waals surface area contributed by atoms with E-state index in [0.717, 1.165) is 30.7 Å². The monoisotopic (exact) mass is 271 g/mol. The highest BCUT2D eigenvalue weighted by Crippen LogP contribution is 2.19. The molecule has 0 bridgehead atoms. The molecule has 0 radical (unpaired) electrons. The third-order valence-corrected chi connectivity index (χ3v) is 3.51. The van der Waals surface area contributed by atoms with Gasteiger partial charge in [0.2, 0.25) is 0 Å². The number of hydrogen-bond acceptors (Lipinski definition) is 3. The number of benzene rings is 1. The molecule has 1 aromatic rings. The van der Waals surface area contributed by atoms with Gasteiger partial charge in [-0.3, -0.25) is 0 Å².